The van der Waals surface area contributed by atoms with Crippen molar-refractivity contribution in [2.45, 2.75) is 37.6 Å². The summed E-state index contributed by atoms with van der Waals surface area (Å²) < 4.78 is 0. The minimum absolute atomic E-state index is 0.0835. The lowest BCUT2D eigenvalue weighted by Crippen LogP contribution is -2.10. The summed E-state index contributed by atoms with van der Waals surface area (Å²) >= 11 is 1.85. The van der Waals surface area contributed by atoms with Crippen molar-refractivity contribution in [2.24, 2.45) is 5.73 Å². The molecule has 0 bridgehead atoms. The van der Waals surface area contributed by atoms with Crippen LogP contribution in [0.15, 0.2) is 23.2 Å². The van der Waals surface area contributed by atoms with Crippen LogP contribution in [0.1, 0.15) is 38.4 Å². The van der Waals surface area contributed by atoms with Crippen LogP contribution in [0.5, 0.6) is 0 Å². The van der Waals surface area contributed by atoms with E-state index >= 15 is 0 Å². The first-order valence-corrected chi connectivity index (χ1v) is 6.10. The fourth-order valence-corrected chi connectivity index (χ4v) is 1.86. The second kappa shape index (κ2) is 6.04. The Morgan fingerprint density at radius 2 is 2.21 bits per heavy atom. The van der Waals surface area contributed by atoms with Gasteiger partial charge in [0.25, 0.3) is 0 Å². The van der Waals surface area contributed by atoms with E-state index in [-0.39, 0.29) is 6.04 Å². The van der Waals surface area contributed by atoms with Crippen LogP contribution in [-0.4, -0.2) is 10.7 Å². The third-order valence-electron chi connectivity index (χ3n) is 2.05. The minimum atomic E-state index is 0.0835. The van der Waals surface area contributed by atoms with E-state index in [0.717, 1.165) is 17.9 Å². The van der Waals surface area contributed by atoms with Gasteiger partial charge in [-0.15, -0.1) is 11.8 Å². The highest BCUT2D eigenvalue weighted by Crippen LogP contribution is 2.19. The van der Waals surface area contributed by atoms with Gasteiger partial charge in [0.1, 0.15) is 0 Å². The molecule has 2 N–H and O–H groups in total. The van der Waals surface area contributed by atoms with E-state index < -0.39 is 0 Å². The predicted molar refractivity (Wildman–Crippen MR) is 62.5 cm³/mol. The molecule has 0 saturated carbocycles. The van der Waals surface area contributed by atoms with Gasteiger partial charge in [0.15, 0.2) is 0 Å². The molecule has 1 aromatic heterocycles. The highest BCUT2D eigenvalue weighted by atomic mass is 32.2. The van der Waals surface area contributed by atoms with Crippen molar-refractivity contribution in [2.75, 3.05) is 5.75 Å². The Kier molecular flexibility index (Phi) is 4.98. The van der Waals surface area contributed by atoms with E-state index in [1.807, 2.05) is 24.0 Å². The Labute approximate surface area is 90.3 Å². The van der Waals surface area contributed by atoms with Gasteiger partial charge in [-0.05, 0) is 30.7 Å². The number of aromatic nitrogens is 1. The van der Waals surface area contributed by atoms with Gasteiger partial charge in [-0.25, -0.2) is 0 Å². The lowest BCUT2D eigenvalue weighted by atomic mass is 10.1. The lowest BCUT2D eigenvalue weighted by molar-refractivity contribution is 0.674. The first-order chi connectivity index (χ1) is 6.77. The maximum atomic E-state index is 5.88. The quantitative estimate of drug-likeness (QED) is 0.759. The maximum Gasteiger partial charge on any atom is 0.0571 e. The Balaban J connectivity index is 2.59. The molecule has 1 rings (SSSR count). The number of hydrogen-bond donors (Lipinski definition) is 1. The third kappa shape index (κ3) is 3.31. The molecule has 3 heteroatoms. The molecule has 14 heavy (non-hydrogen) atoms. The minimum Gasteiger partial charge on any atom is -0.323 e. The normalized spacial score (nSPS) is 12.8. The van der Waals surface area contributed by atoms with Crippen molar-refractivity contribution < 1.29 is 0 Å². The van der Waals surface area contributed by atoms with Crippen LogP contribution < -0.4 is 5.73 Å². The van der Waals surface area contributed by atoms with Crippen molar-refractivity contribution >= 4 is 11.8 Å². The molecule has 1 atom stereocenters. The van der Waals surface area contributed by atoms with Gasteiger partial charge >= 0.3 is 0 Å². The van der Waals surface area contributed by atoms with Gasteiger partial charge in [0.2, 0.25) is 0 Å². The summed E-state index contributed by atoms with van der Waals surface area (Å²) in [4.78, 5) is 5.59. The number of nitrogens with zero attached hydrogens (tertiary/aromatic N) is 1. The zero-order chi connectivity index (χ0) is 10.4. The second-order valence-electron chi connectivity index (χ2n) is 3.28. The van der Waals surface area contributed by atoms with Crippen LogP contribution in [0.2, 0.25) is 0 Å². The van der Waals surface area contributed by atoms with Crippen LogP contribution in [0.25, 0.3) is 0 Å². The van der Waals surface area contributed by atoms with E-state index in [2.05, 4.69) is 24.9 Å². The molecule has 0 radical (unpaired) electrons. The van der Waals surface area contributed by atoms with E-state index in [4.69, 9.17) is 5.73 Å². The average Bonchev–Trinajstić information content (AvgIpc) is 2.26. The molecule has 2 nitrogen and oxygen atoms in total. The third-order valence-corrected chi connectivity index (χ3v) is 3.24. The number of pyridine rings is 1. The fourth-order valence-electron chi connectivity index (χ4n) is 1.13. The van der Waals surface area contributed by atoms with E-state index in [1.54, 1.807) is 0 Å². The molecule has 78 valence electrons. The van der Waals surface area contributed by atoms with Crippen molar-refractivity contribution in [3.05, 3.63) is 24.0 Å². The van der Waals surface area contributed by atoms with E-state index in [1.165, 1.54) is 11.3 Å². The Hall–Kier alpha value is -0.540. The van der Waals surface area contributed by atoms with Crippen LogP contribution in [0.4, 0.5) is 0 Å². The smallest absolute Gasteiger partial charge is 0.0571 e. The molecule has 0 aliphatic heterocycles. The molecule has 1 unspecified atom stereocenters. The number of rotatable bonds is 5. The number of nitrogens with two attached hydrogens (primary N) is 1. The van der Waals surface area contributed by atoms with Crippen LogP contribution in [0.3, 0.4) is 0 Å². The molecule has 0 aliphatic carbocycles. The Morgan fingerprint density at radius 1 is 1.43 bits per heavy atom. The summed E-state index contributed by atoms with van der Waals surface area (Å²) in [6.07, 6.45) is 4.06. The molecule has 0 saturated heterocycles. The van der Waals surface area contributed by atoms with Crippen molar-refractivity contribution in [3.63, 3.8) is 0 Å². The summed E-state index contributed by atoms with van der Waals surface area (Å²) in [6, 6.07) is 4.23. The monoisotopic (exact) mass is 210 g/mol. The topological polar surface area (TPSA) is 38.9 Å². The van der Waals surface area contributed by atoms with Gasteiger partial charge in [0.05, 0.1) is 5.69 Å². The molecule has 0 fully saturated rings. The van der Waals surface area contributed by atoms with Crippen molar-refractivity contribution in [3.8, 4) is 0 Å². The molecule has 1 aromatic rings. The van der Waals surface area contributed by atoms with Gasteiger partial charge in [-0.1, -0.05) is 13.8 Å². The molecule has 0 spiro atoms. The zero-order valence-electron chi connectivity index (χ0n) is 8.86. The van der Waals surface area contributed by atoms with Gasteiger partial charge in [0, 0.05) is 17.1 Å². The largest absolute Gasteiger partial charge is 0.323 e. The highest BCUT2D eigenvalue weighted by Gasteiger charge is 2.03. The molecule has 0 aliphatic rings. The SMILES string of the molecule is CCCSc1ccc(C(N)CC)nc1. The first kappa shape index (κ1) is 11.5. The van der Waals surface area contributed by atoms with E-state index in [9.17, 15) is 0 Å². The number of hydrogen-bond acceptors (Lipinski definition) is 3. The summed E-state index contributed by atoms with van der Waals surface area (Å²) in [5.74, 6) is 1.15. The summed E-state index contributed by atoms with van der Waals surface area (Å²) in [6.45, 7) is 4.26. The highest BCUT2D eigenvalue weighted by molar-refractivity contribution is 7.99. The van der Waals surface area contributed by atoms with Gasteiger partial charge in [-0.3, -0.25) is 4.98 Å². The Bertz CT molecular complexity index is 258. The number of thioether (sulfide) groups is 1. The van der Waals surface area contributed by atoms with Crippen LogP contribution >= 0.6 is 11.8 Å². The zero-order valence-corrected chi connectivity index (χ0v) is 9.68. The molecule has 0 amide bonds. The summed E-state index contributed by atoms with van der Waals surface area (Å²) in [7, 11) is 0. The molecule has 0 aromatic carbocycles. The molecular weight excluding hydrogens is 192 g/mol. The van der Waals surface area contributed by atoms with E-state index in [0.29, 0.717) is 0 Å². The average molecular weight is 210 g/mol. The Morgan fingerprint density at radius 3 is 2.71 bits per heavy atom. The van der Waals surface area contributed by atoms with Crippen molar-refractivity contribution in [1.82, 2.24) is 4.98 Å². The molecule has 1 heterocycles. The fraction of sp³-hybridized carbons (Fsp3) is 0.545. The summed E-state index contributed by atoms with van der Waals surface area (Å²) in [5.41, 5.74) is 6.87. The summed E-state index contributed by atoms with van der Waals surface area (Å²) in [5, 5.41) is 0. The van der Waals surface area contributed by atoms with Crippen LogP contribution in [-0.2, 0) is 0 Å². The van der Waals surface area contributed by atoms with Gasteiger partial charge in [-0.2, -0.15) is 0 Å². The van der Waals surface area contributed by atoms with Crippen molar-refractivity contribution in [1.29, 1.82) is 0 Å². The first-order valence-electron chi connectivity index (χ1n) is 5.12. The standard InChI is InChI=1S/C11H18N2S/c1-3-7-14-9-5-6-11(13-8-9)10(12)4-2/h5-6,8,10H,3-4,7,12H2,1-2H3. The maximum absolute atomic E-state index is 5.88. The van der Waals surface area contributed by atoms with Gasteiger partial charge < -0.3 is 5.73 Å². The van der Waals surface area contributed by atoms with Crippen LogP contribution in [0, 0.1) is 0 Å². The predicted octanol–water partition coefficient (Wildman–Crippen LogP) is 2.99. The lowest BCUT2D eigenvalue weighted by Gasteiger charge is -2.08. The molecular formula is C11H18N2S. The second-order valence-corrected chi connectivity index (χ2v) is 4.45.